The fourth-order valence-corrected chi connectivity index (χ4v) is 3.25. The number of allylic oxidation sites excluding steroid dienone is 5. The van der Waals surface area contributed by atoms with Crippen molar-refractivity contribution in [3.05, 3.63) is 34.3 Å². The molecule has 0 radical (unpaired) electrons. The molecule has 1 N–H and O–H groups in total. The van der Waals surface area contributed by atoms with E-state index in [2.05, 4.69) is 0 Å². The Bertz CT molecular complexity index is 474. The lowest BCUT2D eigenvalue weighted by molar-refractivity contribution is -0.140. The van der Waals surface area contributed by atoms with Crippen molar-refractivity contribution in [2.45, 2.75) is 24.8 Å². The van der Waals surface area contributed by atoms with Crippen molar-refractivity contribution in [1.82, 2.24) is 0 Å². The van der Waals surface area contributed by atoms with Crippen molar-refractivity contribution >= 4 is 17.7 Å². The molecule has 0 bridgehead atoms. The molecule has 0 saturated carbocycles. The molecule has 18 heavy (non-hydrogen) atoms. The van der Waals surface area contributed by atoms with Crippen molar-refractivity contribution in [2.75, 3.05) is 0 Å². The van der Waals surface area contributed by atoms with E-state index >= 15 is 0 Å². The molecule has 2 nitrogen and oxygen atoms in total. The number of fused-ring (bicyclic) bond motifs is 1. The number of halogens is 3. The Labute approximate surface area is 106 Å². The molecule has 98 valence electrons. The smallest absolute Gasteiger partial charge is 0.405 e. The van der Waals surface area contributed by atoms with Crippen LogP contribution in [0.4, 0.5) is 13.2 Å². The molecule has 2 rings (SSSR count). The van der Waals surface area contributed by atoms with Crippen molar-refractivity contribution in [3.8, 4) is 0 Å². The second-order valence-corrected chi connectivity index (χ2v) is 5.54. The van der Waals surface area contributed by atoms with Crippen molar-refractivity contribution < 1.29 is 23.1 Å². The highest BCUT2D eigenvalue weighted by molar-refractivity contribution is 8.04. The molecular formula is C12H11F3O2S. The van der Waals surface area contributed by atoms with Crippen LogP contribution in [0.3, 0.4) is 0 Å². The van der Waals surface area contributed by atoms with Crippen molar-refractivity contribution in [3.63, 3.8) is 0 Å². The van der Waals surface area contributed by atoms with Gasteiger partial charge in [0.15, 0.2) is 0 Å². The molecule has 0 amide bonds. The summed E-state index contributed by atoms with van der Waals surface area (Å²) in [7, 11) is 0. The number of aliphatic carboxylic acids is 1. The van der Waals surface area contributed by atoms with Crippen LogP contribution in [0.15, 0.2) is 34.3 Å². The first-order valence-electron chi connectivity index (χ1n) is 5.35. The van der Waals surface area contributed by atoms with Crippen LogP contribution in [-0.2, 0) is 4.79 Å². The average molecular weight is 276 g/mol. The lowest BCUT2D eigenvalue weighted by Gasteiger charge is -2.31. The molecule has 0 spiro atoms. The van der Waals surface area contributed by atoms with E-state index in [1.54, 1.807) is 12.2 Å². The maximum atomic E-state index is 12.8. The standard InChI is InChI=1S/C12H11F3O2S/c1-6-2-3-9-7(4-6)5-8(11(16)17)10(18-9)12(13,14)15/h2-3,5,7,10H,4H2,1H3,(H,16,17). The van der Waals surface area contributed by atoms with Gasteiger partial charge in [-0.2, -0.15) is 13.2 Å². The SMILES string of the molecule is CC1=CC=C2SC(C(F)(F)F)C(C(=O)O)=CC2C1. The van der Waals surface area contributed by atoms with Crippen LogP contribution in [0, 0.1) is 5.92 Å². The number of thioether (sulfide) groups is 1. The molecule has 1 aliphatic carbocycles. The molecule has 0 fully saturated rings. The Balaban J connectivity index is 2.41. The average Bonchev–Trinajstić information content (AvgIpc) is 2.25. The second-order valence-electron chi connectivity index (χ2n) is 4.36. The maximum Gasteiger partial charge on any atom is 0.405 e. The van der Waals surface area contributed by atoms with E-state index in [4.69, 9.17) is 5.11 Å². The fraction of sp³-hybridized carbons (Fsp3) is 0.417. The first kappa shape index (κ1) is 13.3. The van der Waals surface area contributed by atoms with Gasteiger partial charge in [0.1, 0.15) is 5.25 Å². The minimum atomic E-state index is -4.54. The third-order valence-corrected chi connectivity index (χ3v) is 4.37. The largest absolute Gasteiger partial charge is 0.478 e. The summed E-state index contributed by atoms with van der Waals surface area (Å²) in [4.78, 5) is 11.5. The van der Waals surface area contributed by atoms with Gasteiger partial charge in [-0.05, 0) is 18.2 Å². The Morgan fingerprint density at radius 1 is 1.44 bits per heavy atom. The molecule has 0 aromatic carbocycles. The quantitative estimate of drug-likeness (QED) is 0.796. The van der Waals surface area contributed by atoms with E-state index in [-0.39, 0.29) is 5.92 Å². The zero-order valence-corrected chi connectivity index (χ0v) is 10.3. The summed E-state index contributed by atoms with van der Waals surface area (Å²) in [5.74, 6) is -1.72. The number of carboxylic acids is 1. The lowest BCUT2D eigenvalue weighted by Crippen LogP contribution is -2.34. The third-order valence-electron chi connectivity index (χ3n) is 2.90. The molecule has 1 heterocycles. The molecule has 1 aliphatic heterocycles. The highest BCUT2D eigenvalue weighted by Crippen LogP contribution is 2.48. The van der Waals surface area contributed by atoms with Crippen LogP contribution in [0.25, 0.3) is 0 Å². The van der Waals surface area contributed by atoms with Crippen LogP contribution in [0.5, 0.6) is 0 Å². The minimum absolute atomic E-state index is 0.232. The topological polar surface area (TPSA) is 37.3 Å². The van der Waals surface area contributed by atoms with Gasteiger partial charge in [0, 0.05) is 5.92 Å². The van der Waals surface area contributed by atoms with Gasteiger partial charge in [-0.1, -0.05) is 23.8 Å². The molecule has 2 aliphatic rings. The summed E-state index contributed by atoms with van der Waals surface area (Å²) in [6.45, 7) is 1.88. The summed E-state index contributed by atoms with van der Waals surface area (Å²) >= 11 is 0.603. The molecule has 0 aromatic heterocycles. The van der Waals surface area contributed by atoms with Crippen LogP contribution in [-0.4, -0.2) is 22.5 Å². The molecule has 2 atom stereocenters. The van der Waals surface area contributed by atoms with Gasteiger partial charge in [0.05, 0.1) is 5.57 Å². The van der Waals surface area contributed by atoms with Crippen LogP contribution in [0.2, 0.25) is 0 Å². The highest BCUT2D eigenvalue weighted by Gasteiger charge is 2.48. The normalized spacial score (nSPS) is 27.9. The van der Waals surface area contributed by atoms with Crippen LogP contribution < -0.4 is 0 Å². The molecule has 2 unspecified atom stereocenters. The summed E-state index contributed by atoms with van der Waals surface area (Å²) in [5, 5.41) is 6.94. The van der Waals surface area contributed by atoms with E-state index in [0.717, 1.165) is 5.57 Å². The first-order valence-corrected chi connectivity index (χ1v) is 6.22. The highest BCUT2D eigenvalue weighted by atomic mass is 32.2. The number of hydrogen-bond donors (Lipinski definition) is 1. The predicted molar refractivity (Wildman–Crippen MR) is 63.1 cm³/mol. The summed E-state index contributed by atoms with van der Waals surface area (Å²) < 4.78 is 38.5. The monoisotopic (exact) mass is 276 g/mol. The Morgan fingerprint density at radius 2 is 2.11 bits per heavy atom. The second kappa shape index (κ2) is 4.50. The van der Waals surface area contributed by atoms with Gasteiger partial charge in [0.2, 0.25) is 0 Å². The fourth-order valence-electron chi connectivity index (χ4n) is 2.06. The van der Waals surface area contributed by atoms with E-state index in [9.17, 15) is 18.0 Å². The van der Waals surface area contributed by atoms with E-state index < -0.39 is 23.0 Å². The summed E-state index contributed by atoms with van der Waals surface area (Å²) in [6, 6.07) is 0. The Kier molecular flexibility index (Phi) is 3.31. The van der Waals surface area contributed by atoms with Gasteiger partial charge < -0.3 is 5.11 Å². The molecular weight excluding hydrogens is 265 g/mol. The third kappa shape index (κ3) is 2.48. The number of hydrogen-bond acceptors (Lipinski definition) is 2. The summed E-state index contributed by atoms with van der Waals surface area (Å²) in [5.41, 5.74) is 0.486. The van der Waals surface area contributed by atoms with E-state index in [1.165, 1.54) is 6.08 Å². The van der Waals surface area contributed by atoms with Gasteiger partial charge in [0.25, 0.3) is 0 Å². The zero-order chi connectivity index (χ0) is 13.5. The van der Waals surface area contributed by atoms with Gasteiger partial charge >= 0.3 is 12.1 Å². The van der Waals surface area contributed by atoms with Gasteiger partial charge in [-0.3, -0.25) is 0 Å². The maximum absolute atomic E-state index is 12.8. The summed E-state index contributed by atoms with van der Waals surface area (Å²) in [6.07, 6.45) is 0.727. The Hall–Kier alpha value is -1.17. The molecule has 6 heteroatoms. The zero-order valence-electron chi connectivity index (χ0n) is 9.49. The minimum Gasteiger partial charge on any atom is -0.478 e. The van der Waals surface area contributed by atoms with Crippen molar-refractivity contribution in [2.24, 2.45) is 5.92 Å². The number of rotatable bonds is 1. The van der Waals surface area contributed by atoms with E-state index in [1.807, 2.05) is 6.92 Å². The lowest BCUT2D eigenvalue weighted by atomic mass is 9.91. The van der Waals surface area contributed by atoms with Gasteiger partial charge in [-0.15, -0.1) is 11.8 Å². The molecule has 0 aromatic rings. The Morgan fingerprint density at radius 3 is 2.67 bits per heavy atom. The predicted octanol–water partition coefficient (Wildman–Crippen LogP) is 3.53. The van der Waals surface area contributed by atoms with Crippen molar-refractivity contribution in [1.29, 1.82) is 0 Å². The number of carboxylic acid groups (broad SMARTS) is 1. The first-order chi connectivity index (χ1) is 8.29. The number of alkyl halides is 3. The van der Waals surface area contributed by atoms with Gasteiger partial charge in [-0.25, -0.2) is 4.79 Å². The van der Waals surface area contributed by atoms with Crippen LogP contribution >= 0.6 is 11.8 Å². The van der Waals surface area contributed by atoms with E-state index in [0.29, 0.717) is 23.1 Å². The number of carbonyl (C=O) groups is 1. The molecule has 0 saturated heterocycles. The van der Waals surface area contributed by atoms with Crippen LogP contribution in [0.1, 0.15) is 13.3 Å².